The number of carboxylic acid groups (broad SMARTS) is 1. The zero-order valence-corrected chi connectivity index (χ0v) is 12.9. The standard InChI is InChI=1S/C16H18FNO3S/c1-2-3-4-10-21-14-6-5-7-15(11-14)22-12-13(17)8-9-18-16(19)20/h1,5-8,11,18H,3-4,9-10,12H2,(H,19,20). The highest BCUT2D eigenvalue weighted by Crippen LogP contribution is 2.25. The summed E-state index contributed by atoms with van der Waals surface area (Å²) in [6.45, 7) is 0.507. The van der Waals surface area contributed by atoms with E-state index < -0.39 is 6.09 Å². The minimum absolute atomic E-state index is 0.0416. The minimum atomic E-state index is -1.17. The normalized spacial score (nSPS) is 10.8. The van der Waals surface area contributed by atoms with E-state index in [4.69, 9.17) is 16.3 Å². The lowest BCUT2D eigenvalue weighted by molar-refractivity contribution is 0.195. The lowest BCUT2D eigenvalue weighted by Crippen LogP contribution is -2.20. The Morgan fingerprint density at radius 3 is 3.09 bits per heavy atom. The third-order valence-electron chi connectivity index (χ3n) is 2.49. The molecule has 0 bridgehead atoms. The van der Waals surface area contributed by atoms with Crippen LogP contribution >= 0.6 is 11.8 Å². The first-order valence-electron chi connectivity index (χ1n) is 6.72. The van der Waals surface area contributed by atoms with Gasteiger partial charge in [0.15, 0.2) is 0 Å². The number of ether oxygens (including phenoxy) is 1. The molecule has 0 unspecified atom stereocenters. The largest absolute Gasteiger partial charge is 0.494 e. The quantitative estimate of drug-likeness (QED) is 0.413. The van der Waals surface area contributed by atoms with E-state index in [9.17, 15) is 9.18 Å². The molecule has 2 N–H and O–H groups in total. The number of carbonyl (C=O) groups is 1. The Bertz CT molecular complexity index is 555. The number of nitrogens with one attached hydrogen (secondary N) is 1. The molecule has 118 valence electrons. The second-order valence-electron chi connectivity index (χ2n) is 4.26. The van der Waals surface area contributed by atoms with Gasteiger partial charge in [0.1, 0.15) is 11.6 Å². The molecule has 6 heteroatoms. The van der Waals surface area contributed by atoms with Gasteiger partial charge in [0.25, 0.3) is 0 Å². The number of hydrogen-bond donors (Lipinski definition) is 2. The van der Waals surface area contributed by atoms with E-state index in [0.717, 1.165) is 17.1 Å². The van der Waals surface area contributed by atoms with Gasteiger partial charge in [-0.2, -0.15) is 0 Å². The van der Waals surface area contributed by atoms with Crippen LogP contribution in [0.2, 0.25) is 0 Å². The fourth-order valence-corrected chi connectivity index (χ4v) is 2.28. The monoisotopic (exact) mass is 323 g/mol. The number of benzene rings is 1. The first-order chi connectivity index (χ1) is 10.6. The molecule has 0 spiro atoms. The van der Waals surface area contributed by atoms with Crippen molar-refractivity contribution in [3.05, 3.63) is 36.2 Å². The van der Waals surface area contributed by atoms with Crippen molar-refractivity contribution in [1.82, 2.24) is 5.32 Å². The highest BCUT2D eigenvalue weighted by Gasteiger charge is 2.01. The summed E-state index contributed by atoms with van der Waals surface area (Å²) in [5.74, 6) is 3.03. The average molecular weight is 323 g/mol. The van der Waals surface area contributed by atoms with Gasteiger partial charge in [0.2, 0.25) is 0 Å². The zero-order chi connectivity index (χ0) is 16.2. The third kappa shape index (κ3) is 8.22. The van der Waals surface area contributed by atoms with Gasteiger partial charge >= 0.3 is 6.09 Å². The van der Waals surface area contributed by atoms with Crippen LogP contribution in [0.15, 0.2) is 41.1 Å². The van der Waals surface area contributed by atoms with Gasteiger partial charge in [-0.15, -0.1) is 24.1 Å². The molecule has 0 fully saturated rings. The lowest BCUT2D eigenvalue weighted by Gasteiger charge is -2.07. The van der Waals surface area contributed by atoms with Crippen LogP contribution in [0.25, 0.3) is 0 Å². The average Bonchev–Trinajstić information content (AvgIpc) is 2.50. The second kappa shape index (κ2) is 10.6. The van der Waals surface area contributed by atoms with Crippen molar-refractivity contribution in [2.45, 2.75) is 17.7 Å². The van der Waals surface area contributed by atoms with Crippen molar-refractivity contribution in [2.75, 3.05) is 18.9 Å². The maximum atomic E-state index is 13.5. The van der Waals surface area contributed by atoms with Crippen molar-refractivity contribution < 1.29 is 19.0 Å². The summed E-state index contributed by atoms with van der Waals surface area (Å²) in [6, 6.07) is 7.38. The van der Waals surface area contributed by atoms with Crippen LogP contribution in [0.1, 0.15) is 12.8 Å². The van der Waals surface area contributed by atoms with Crippen molar-refractivity contribution in [3.63, 3.8) is 0 Å². The van der Waals surface area contributed by atoms with Crippen molar-refractivity contribution in [2.24, 2.45) is 0 Å². The molecule has 1 aromatic carbocycles. The van der Waals surface area contributed by atoms with Crippen molar-refractivity contribution in [1.29, 1.82) is 0 Å². The predicted molar refractivity (Wildman–Crippen MR) is 85.9 cm³/mol. The number of terminal acetylenes is 1. The van der Waals surface area contributed by atoms with Gasteiger partial charge in [-0.25, -0.2) is 9.18 Å². The first kappa shape index (κ1) is 17.9. The Kier molecular flexibility index (Phi) is 8.61. The number of rotatable bonds is 9. The molecular formula is C16H18FNO3S. The van der Waals surface area contributed by atoms with Crippen molar-refractivity contribution >= 4 is 17.9 Å². The Balaban J connectivity index is 2.39. The van der Waals surface area contributed by atoms with Crippen LogP contribution in [0, 0.1) is 12.3 Å². The first-order valence-corrected chi connectivity index (χ1v) is 7.71. The second-order valence-corrected chi connectivity index (χ2v) is 5.31. The smallest absolute Gasteiger partial charge is 0.404 e. The molecular weight excluding hydrogens is 305 g/mol. The Labute approximate surface area is 133 Å². The van der Waals surface area contributed by atoms with Crippen LogP contribution in [-0.4, -0.2) is 30.1 Å². The molecule has 1 aromatic rings. The molecule has 0 aliphatic rings. The molecule has 1 rings (SSSR count). The van der Waals surface area contributed by atoms with Crippen LogP contribution in [-0.2, 0) is 0 Å². The molecule has 0 aromatic heterocycles. The van der Waals surface area contributed by atoms with Gasteiger partial charge in [0, 0.05) is 23.6 Å². The molecule has 0 saturated carbocycles. The zero-order valence-electron chi connectivity index (χ0n) is 12.0. The van der Waals surface area contributed by atoms with Gasteiger partial charge in [-0.1, -0.05) is 6.07 Å². The molecule has 0 atom stereocenters. The summed E-state index contributed by atoms with van der Waals surface area (Å²) in [7, 11) is 0. The van der Waals surface area contributed by atoms with E-state index in [1.165, 1.54) is 17.8 Å². The summed E-state index contributed by atoms with van der Waals surface area (Å²) in [5.41, 5.74) is 0. The van der Waals surface area contributed by atoms with Gasteiger partial charge < -0.3 is 15.2 Å². The van der Waals surface area contributed by atoms with E-state index >= 15 is 0 Å². The fourth-order valence-electron chi connectivity index (χ4n) is 1.48. The molecule has 22 heavy (non-hydrogen) atoms. The van der Waals surface area contributed by atoms with Gasteiger partial charge in [-0.3, -0.25) is 0 Å². The Morgan fingerprint density at radius 1 is 1.55 bits per heavy atom. The molecule has 0 aliphatic carbocycles. The van der Waals surface area contributed by atoms with Crippen LogP contribution in [0.5, 0.6) is 5.75 Å². The minimum Gasteiger partial charge on any atom is -0.494 e. The van der Waals surface area contributed by atoms with E-state index in [2.05, 4.69) is 11.2 Å². The van der Waals surface area contributed by atoms with Crippen LogP contribution < -0.4 is 10.1 Å². The highest BCUT2D eigenvalue weighted by atomic mass is 32.2. The Morgan fingerprint density at radius 2 is 2.36 bits per heavy atom. The van der Waals surface area contributed by atoms with E-state index in [0.29, 0.717) is 13.0 Å². The number of hydrogen-bond acceptors (Lipinski definition) is 3. The highest BCUT2D eigenvalue weighted by molar-refractivity contribution is 7.99. The maximum absolute atomic E-state index is 13.5. The van der Waals surface area contributed by atoms with E-state index in [-0.39, 0.29) is 18.1 Å². The van der Waals surface area contributed by atoms with E-state index in [1.807, 2.05) is 24.3 Å². The number of amides is 1. The fraction of sp³-hybridized carbons (Fsp3) is 0.312. The summed E-state index contributed by atoms with van der Waals surface area (Å²) in [4.78, 5) is 11.1. The third-order valence-corrected chi connectivity index (χ3v) is 3.50. The van der Waals surface area contributed by atoms with Crippen LogP contribution in [0.3, 0.4) is 0 Å². The molecule has 0 saturated heterocycles. The number of unbranched alkanes of at least 4 members (excludes halogenated alkanes) is 1. The topological polar surface area (TPSA) is 58.6 Å². The summed E-state index contributed by atoms with van der Waals surface area (Å²) in [6.07, 6.45) is 6.67. The molecule has 1 amide bonds. The number of thioether (sulfide) groups is 1. The van der Waals surface area contributed by atoms with Gasteiger partial charge in [0.05, 0.1) is 6.61 Å². The predicted octanol–water partition coefficient (Wildman–Crippen LogP) is 3.69. The molecule has 4 nitrogen and oxygen atoms in total. The summed E-state index contributed by atoms with van der Waals surface area (Å²) in [5, 5.41) is 10.5. The van der Waals surface area contributed by atoms with E-state index in [1.54, 1.807) is 0 Å². The van der Waals surface area contributed by atoms with Crippen LogP contribution in [0.4, 0.5) is 9.18 Å². The summed E-state index contributed by atoms with van der Waals surface area (Å²) < 4.78 is 19.0. The SMILES string of the molecule is C#CCCCOc1cccc(SCC(F)=CCNC(=O)O)c1. The Hall–Kier alpha value is -2.13. The maximum Gasteiger partial charge on any atom is 0.404 e. The summed E-state index contributed by atoms with van der Waals surface area (Å²) >= 11 is 1.31. The van der Waals surface area contributed by atoms with Crippen molar-refractivity contribution in [3.8, 4) is 18.1 Å². The lowest BCUT2D eigenvalue weighted by atomic mass is 10.3. The molecule has 0 radical (unpaired) electrons. The number of halogens is 1. The molecule has 0 heterocycles. The van der Waals surface area contributed by atoms with Gasteiger partial charge in [-0.05, 0) is 30.7 Å². The molecule has 0 aliphatic heterocycles.